The van der Waals surface area contributed by atoms with Gasteiger partial charge in [-0.3, -0.25) is 0 Å². The third-order valence-electron chi connectivity index (χ3n) is 8.24. The van der Waals surface area contributed by atoms with Crippen molar-refractivity contribution in [1.82, 2.24) is 30.4 Å². The quantitative estimate of drug-likeness (QED) is 0.181. The van der Waals surface area contributed by atoms with E-state index in [4.69, 9.17) is 18.8 Å². The molecule has 4 aromatic heterocycles. The van der Waals surface area contributed by atoms with Crippen LogP contribution in [-0.2, 0) is 0 Å². The lowest BCUT2D eigenvalue weighted by atomic mass is 9.97. The topological polar surface area (TPSA) is 104 Å². The normalized spacial score (nSPS) is 11.3. The Balaban J connectivity index is 1.12. The molecule has 0 N–H and O–H groups in total. The van der Waals surface area contributed by atoms with Crippen molar-refractivity contribution in [2.24, 2.45) is 0 Å². The van der Waals surface area contributed by atoms with Crippen molar-refractivity contribution in [3.63, 3.8) is 0 Å². The van der Waals surface area contributed by atoms with Crippen LogP contribution in [0.15, 0.2) is 154 Å². The van der Waals surface area contributed by atoms with Crippen LogP contribution < -0.4 is 0 Å². The van der Waals surface area contributed by atoms with Crippen molar-refractivity contribution in [2.45, 2.75) is 0 Å². The summed E-state index contributed by atoms with van der Waals surface area (Å²) in [6, 6.07) is 48.3. The summed E-state index contributed by atoms with van der Waals surface area (Å²) in [5.41, 5.74) is 8.53. The van der Waals surface area contributed by atoms with Gasteiger partial charge in [0.25, 0.3) is 11.8 Å². The second-order valence-corrected chi connectivity index (χ2v) is 11.3. The molecule has 0 aliphatic heterocycles. The van der Waals surface area contributed by atoms with E-state index in [1.54, 1.807) is 0 Å². The van der Waals surface area contributed by atoms with Crippen LogP contribution >= 0.6 is 0 Å². The summed E-state index contributed by atoms with van der Waals surface area (Å²) >= 11 is 0. The number of pyridine rings is 2. The standard InChI is InChI=1S/C40H24N6O2/c1-2-8-25(9-3-1)26-14-16-27(17-15-26)30-22-31(37-43-45-39(47-37)35-20-18-28-10-4-6-12-33(28)41-35)24-32(23-30)38-44-46-40(48-38)36-21-19-29-11-5-7-13-34(29)42-36/h1-24H. The number of fused-ring (bicyclic) bond motifs is 2. The first-order valence-corrected chi connectivity index (χ1v) is 15.4. The molecular formula is C40H24N6O2. The Hall–Kier alpha value is -6.80. The highest BCUT2D eigenvalue weighted by Gasteiger charge is 2.18. The SMILES string of the molecule is c1ccc(-c2ccc(-c3cc(-c4nnc(-c5ccc6ccccc6n5)o4)cc(-c4nnc(-c5ccc6ccccc6n5)o4)c3)cc2)cc1. The van der Waals surface area contributed by atoms with E-state index in [1.165, 1.54) is 0 Å². The summed E-state index contributed by atoms with van der Waals surface area (Å²) < 4.78 is 12.4. The van der Waals surface area contributed by atoms with Gasteiger partial charge in [-0.25, -0.2) is 9.97 Å². The molecule has 0 fully saturated rings. The molecule has 8 heteroatoms. The first kappa shape index (κ1) is 27.5. The molecule has 0 spiro atoms. The van der Waals surface area contributed by atoms with Gasteiger partial charge < -0.3 is 8.83 Å². The van der Waals surface area contributed by atoms with E-state index >= 15 is 0 Å². The minimum absolute atomic E-state index is 0.331. The number of nitrogens with zero attached hydrogens (tertiary/aromatic N) is 6. The number of hydrogen-bond donors (Lipinski definition) is 0. The van der Waals surface area contributed by atoms with Crippen LogP contribution in [0.5, 0.6) is 0 Å². The molecule has 0 amide bonds. The monoisotopic (exact) mass is 620 g/mol. The maximum absolute atomic E-state index is 6.22. The van der Waals surface area contributed by atoms with Crippen LogP contribution in [0.3, 0.4) is 0 Å². The van der Waals surface area contributed by atoms with Crippen LogP contribution in [-0.4, -0.2) is 30.4 Å². The third-order valence-corrected chi connectivity index (χ3v) is 8.24. The van der Waals surface area contributed by atoms with E-state index in [-0.39, 0.29) is 0 Å². The minimum atomic E-state index is 0.331. The van der Waals surface area contributed by atoms with Crippen molar-refractivity contribution < 1.29 is 8.83 Å². The van der Waals surface area contributed by atoms with Crippen molar-refractivity contribution in [2.75, 3.05) is 0 Å². The number of para-hydroxylation sites is 2. The van der Waals surface area contributed by atoms with E-state index in [9.17, 15) is 0 Å². The summed E-state index contributed by atoms with van der Waals surface area (Å²) in [7, 11) is 0. The lowest BCUT2D eigenvalue weighted by Gasteiger charge is -2.08. The average molecular weight is 621 g/mol. The van der Waals surface area contributed by atoms with Gasteiger partial charge in [0.05, 0.1) is 11.0 Å². The van der Waals surface area contributed by atoms with Gasteiger partial charge in [-0.2, -0.15) is 0 Å². The number of benzene rings is 5. The predicted octanol–water partition coefficient (Wildman–Crippen LogP) is 9.55. The molecule has 0 aliphatic carbocycles. The maximum atomic E-state index is 6.22. The average Bonchev–Trinajstić information content (AvgIpc) is 3.87. The zero-order valence-electron chi connectivity index (χ0n) is 25.4. The molecule has 0 bridgehead atoms. The van der Waals surface area contributed by atoms with E-state index in [0.717, 1.165) is 44.1 Å². The van der Waals surface area contributed by atoms with E-state index in [1.807, 2.05) is 109 Å². The molecule has 4 heterocycles. The molecule has 0 saturated heterocycles. The minimum Gasteiger partial charge on any atom is -0.415 e. The highest BCUT2D eigenvalue weighted by Crippen LogP contribution is 2.35. The number of hydrogen-bond acceptors (Lipinski definition) is 8. The lowest BCUT2D eigenvalue weighted by molar-refractivity contribution is 0.580. The summed E-state index contributed by atoms with van der Waals surface area (Å²) in [4.78, 5) is 9.46. The first-order valence-electron chi connectivity index (χ1n) is 15.4. The van der Waals surface area contributed by atoms with Crippen molar-refractivity contribution in [3.8, 4) is 68.3 Å². The molecule has 226 valence electrons. The Morgan fingerprint density at radius 1 is 0.312 bits per heavy atom. The fourth-order valence-electron chi connectivity index (χ4n) is 5.78. The largest absolute Gasteiger partial charge is 0.415 e. The predicted molar refractivity (Wildman–Crippen MR) is 185 cm³/mol. The molecule has 0 radical (unpaired) electrons. The zero-order valence-corrected chi connectivity index (χ0v) is 25.4. The second-order valence-electron chi connectivity index (χ2n) is 11.3. The van der Waals surface area contributed by atoms with E-state index < -0.39 is 0 Å². The maximum Gasteiger partial charge on any atom is 0.266 e. The van der Waals surface area contributed by atoms with Crippen molar-refractivity contribution in [1.29, 1.82) is 0 Å². The molecule has 9 rings (SSSR count). The van der Waals surface area contributed by atoms with Gasteiger partial charge in [-0.1, -0.05) is 103 Å². The highest BCUT2D eigenvalue weighted by atomic mass is 16.4. The molecular weight excluding hydrogens is 596 g/mol. The van der Waals surface area contributed by atoms with E-state index in [0.29, 0.717) is 46.1 Å². The molecule has 0 unspecified atom stereocenters. The molecule has 48 heavy (non-hydrogen) atoms. The van der Waals surface area contributed by atoms with Crippen molar-refractivity contribution in [3.05, 3.63) is 146 Å². The second kappa shape index (κ2) is 11.5. The van der Waals surface area contributed by atoms with Gasteiger partial charge in [-0.05, 0) is 64.7 Å². The van der Waals surface area contributed by atoms with Crippen LogP contribution in [0.1, 0.15) is 0 Å². The molecule has 0 aliphatic rings. The number of rotatable bonds is 6. The fraction of sp³-hybridized carbons (Fsp3) is 0. The summed E-state index contributed by atoms with van der Waals surface area (Å²) in [6.07, 6.45) is 0. The molecule has 5 aromatic carbocycles. The van der Waals surface area contributed by atoms with Crippen LogP contribution in [0, 0.1) is 0 Å². The first-order chi connectivity index (χ1) is 23.7. The van der Waals surface area contributed by atoms with Crippen LogP contribution in [0.25, 0.3) is 90.1 Å². The fourth-order valence-corrected chi connectivity index (χ4v) is 5.78. The summed E-state index contributed by atoms with van der Waals surface area (Å²) in [6.45, 7) is 0. The van der Waals surface area contributed by atoms with Gasteiger partial charge >= 0.3 is 0 Å². The molecule has 9 aromatic rings. The smallest absolute Gasteiger partial charge is 0.266 e. The number of aromatic nitrogens is 6. The van der Waals surface area contributed by atoms with Gasteiger partial charge in [0.15, 0.2) is 0 Å². The van der Waals surface area contributed by atoms with Gasteiger partial charge in [-0.15, -0.1) is 20.4 Å². The van der Waals surface area contributed by atoms with Gasteiger partial charge in [0.1, 0.15) is 11.4 Å². The lowest BCUT2D eigenvalue weighted by Crippen LogP contribution is -1.87. The van der Waals surface area contributed by atoms with Crippen LogP contribution in [0.2, 0.25) is 0 Å². The summed E-state index contributed by atoms with van der Waals surface area (Å²) in [5.74, 6) is 1.36. The third kappa shape index (κ3) is 5.17. The van der Waals surface area contributed by atoms with Crippen molar-refractivity contribution >= 4 is 21.8 Å². The Morgan fingerprint density at radius 3 is 1.27 bits per heavy atom. The highest BCUT2D eigenvalue weighted by molar-refractivity contribution is 5.82. The van der Waals surface area contributed by atoms with Gasteiger partial charge in [0.2, 0.25) is 11.8 Å². The Morgan fingerprint density at radius 2 is 0.729 bits per heavy atom. The molecule has 0 saturated carbocycles. The zero-order chi connectivity index (χ0) is 31.9. The Bertz CT molecular complexity index is 2440. The molecule has 8 nitrogen and oxygen atoms in total. The van der Waals surface area contributed by atoms with Crippen LogP contribution in [0.4, 0.5) is 0 Å². The Labute approximate surface area is 274 Å². The van der Waals surface area contributed by atoms with Gasteiger partial charge in [0, 0.05) is 21.9 Å². The van der Waals surface area contributed by atoms with E-state index in [2.05, 4.69) is 56.8 Å². The summed E-state index contributed by atoms with van der Waals surface area (Å²) in [5, 5.41) is 19.6. The Kier molecular flexibility index (Phi) is 6.61. The molecule has 0 atom stereocenters.